The molecule has 0 saturated carbocycles. The zero-order valence-corrected chi connectivity index (χ0v) is 12.9. The standard InChI is InChI=1S/C17H14BrNO/c1-10-5-4-8-14-15(10)13(9-19-14)17(20)12-7-3-6-11(2)16(12)18/h3-9,19H,1-2H3. The highest BCUT2D eigenvalue weighted by Gasteiger charge is 2.18. The third-order valence-electron chi connectivity index (χ3n) is 3.60. The number of hydrogen-bond donors (Lipinski definition) is 1. The molecule has 2 nitrogen and oxygen atoms in total. The van der Waals surface area contributed by atoms with Gasteiger partial charge in [0.2, 0.25) is 0 Å². The number of benzene rings is 2. The van der Waals surface area contributed by atoms with Crippen LogP contribution in [0.3, 0.4) is 0 Å². The van der Waals surface area contributed by atoms with Crippen LogP contribution >= 0.6 is 15.9 Å². The molecule has 0 aliphatic heterocycles. The fourth-order valence-corrected chi connectivity index (χ4v) is 2.96. The number of carbonyl (C=O) groups is 1. The van der Waals surface area contributed by atoms with Crippen molar-refractivity contribution in [2.45, 2.75) is 13.8 Å². The van der Waals surface area contributed by atoms with Crippen molar-refractivity contribution in [3.05, 3.63) is 69.3 Å². The number of aromatic nitrogens is 1. The van der Waals surface area contributed by atoms with Crippen molar-refractivity contribution in [1.29, 1.82) is 0 Å². The molecule has 20 heavy (non-hydrogen) atoms. The zero-order chi connectivity index (χ0) is 14.3. The molecule has 3 aromatic rings. The van der Waals surface area contributed by atoms with Crippen molar-refractivity contribution in [2.75, 3.05) is 0 Å². The number of nitrogens with one attached hydrogen (secondary N) is 1. The van der Waals surface area contributed by atoms with Gasteiger partial charge in [-0.05, 0) is 53.0 Å². The molecule has 0 bridgehead atoms. The molecule has 0 aliphatic rings. The summed E-state index contributed by atoms with van der Waals surface area (Å²) in [6, 6.07) is 11.8. The Morgan fingerprint density at radius 2 is 1.70 bits per heavy atom. The smallest absolute Gasteiger partial charge is 0.196 e. The van der Waals surface area contributed by atoms with Gasteiger partial charge >= 0.3 is 0 Å². The lowest BCUT2D eigenvalue weighted by Crippen LogP contribution is -2.02. The SMILES string of the molecule is Cc1cccc(C(=O)c2c[nH]c3cccc(C)c23)c1Br. The molecule has 3 heteroatoms. The van der Waals surface area contributed by atoms with Crippen LogP contribution in [0.15, 0.2) is 47.1 Å². The van der Waals surface area contributed by atoms with Crippen LogP contribution in [0.2, 0.25) is 0 Å². The van der Waals surface area contributed by atoms with Crippen LogP contribution in [0.25, 0.3) is 10.9 Å². The Hall–Kier alpha value is -1.87. The summed E-state index contributed by atoms with van der Waals surface area (Å²) in [6.07, 6.45) is 1.80. The van der Waals surface area contributed by atoms with Gasteiger partial charge < -0.3 is 4.98 Å². The van der Waals surface area contributed by atoms with E-state index >= 15 is 0 Å². The number of carbonyl (C=O) groups excluding carboxylic acids is 1. The van der Waals surface area contributed by atoms with Gasteiger partial charge in [-0.1, -0.05) is 24.3 Å². The summed E-state index contributed by atoms with van der Waals surface area (Å²) in [5, 5.41) is 1.01. The summed E-state index contributed by atoms with van der Waals surface area (Å²) >= 11 is 3.52. The second kappa shape index (κ2) is 4.91. The Morgan fingerprint density at radius 1 is 1.00 bits per heavy atom. The minimum Gasteiger partial charge on any atom is -0.360 e. The van der Waals surface area contributed by atoms with Crippen molar-refractivity contribution in [3.63, 3.8) is 0 Å². The topological polar surface area (TPSA) is 32.9 Å². The number of hydrogen-bond acceptors (Lipinski definition) is 1. The molecule has 0 saturated heterocycles. The maximum atomic E-state index is 12.8. The van der Waals surface area contributed by atoms with E-state index in [1.807, 2.05) is 50.2 Å². The highest BCUT2D eigenvalue weighted by molar-refractivity contribution is 9.10. The molecule has 0 aliphatic carbocycles. The molecule has 0 spiro atoms. The molecule has 0 radical (unpaired) electrons. The van der Waals surface area contributed by atoms with E-state index in [0.717, 1.165) is 32.1 Å². The molecule has 0 atom stereocenters. The first kappa shape index (κ1) is 13.1. The number of aromatic amines is 1. The lowest BCUT2D eigenvalue weighted by molar-refractivity contribution is 0.103. The van der Waals surface area contributed by atoms with E-state index < -0.39 is 0 Å². The number of rotatable bonds is 2. The van der Waals surface area contributed by atoms with E-state index in [1.165, 1.54) is 0 Å². The van der Waals surface area contributed by atoms with Gasteiger partial charge in [0.05, 0.1) is 0 Å². The summed E-state index contributed by atoms with van der Waals surface area (Å²) in [5.74, 6) is 0.0427. The van der Waals surface area contributed by atoms with Gasteiger partial charge in [0.25, 0.3) is 0 Å². The highest BCUT2D eigenvalue weighted by atomic mass is 79.9. The largest absolute Gasteiger partial charge is 0.360 e. The lowest BCUT2D eigenvalue weighted by atomic mass is 9.99. The fourth-order valence-electron chi connectivity index (χ4n) is 2.51. The number of ketones is 1. The van der Waals surface area contributed by atoms with Gasteiger partial charge in [0, 0.05) is 32.7 Å². The first-order valence-corrected chi connectivity index (χ1v) is 7.25. The maximum absolute atomic E-state index is 12.8. The van der Waals surface area contributed by atoms with Gasteiger partial charge in [0.15, 0.2) is 5.78 Å². The van der Waals surface area contributed by atoms with Crippen LogP contribution in [-0.4, -0.2) is 10.8 Å². The third-order valence-corrected chi connectivity index (χ3v) is 4.65. The Morgan fingerprint density at radius 3 is 2.50 bits per heavy atom. The molecule has 1 aromatic heterocycles. The molecule has 2 aromatic carbocycles. The van der Waals surface area contributed by atoms with Gasteiger partial charge in [-0.2, -0.15) is 0 Å². The maximum Gasteiger partial charge on any atom is 0.196 e. The van der Waals surface area contributed by atoms with Crippen LogP contribution in [0, 0.1) is 13.8 Å². The summed E-state index contributed by atoms with van der Waals surface area (Å²) in [6.45, 7) is 4.01. The van der Waals surface area contributed by atoms with Gasteiger partial charge in [-0.25, -0.2) is 0 Å². The Balaban J connectivity index is 2.21. The van der Waals surface area contributed by atoms with E-state index in [4.69, 9.17) is 0 Å². The summed E-state index contributed by atoms with van der Waals surface area (Å²) < 4.78 is 0.868. The van der Waals surface area contributed by atoms with Crippen LogP contribution in [-0.2, 0) is 0 Å². The Kier molecular flexibility index (Phi) is 3.22. The predicted octanol–water partition coefficient (Wildman–Crippen LogP) is 4.78. The molecule has 3 rings (SSSR count). The average Bonchev–Trinajstić information content (AvgIpc) is 2.86. The molecular formula is C17H14BrNO. The Bertz CT molecular complexity index is 817. The average molecular weight is 328 g/mol. The van der Waals surface area contributed by atoms with Crippen LogP contribution in [0.1, 0.15) is 27.0 Å². The van der Waals surface area contributed by atoms with E-state index in [-0.39, 0.29) is 5.78 Å². The quantitative estimate of drug-likeness (QED) is 0.675. The van der Waals surface area contributed by atoms with Crippen molar-refractivity contribution >= 4 is 32.6 Å². The van der Waals surface area contributed by atoms with Crippen molar-refractivity contribution in [2.24, 2.45) is 0 Å². The molecule has 100 valence electrons. The minimum absolute atomic E-state index is 0.0427. The van der Waals surface area contributed by atoms with E-state index in [2.05, 4.69) is 20.9 Å². The molecule has 0 amide bonds. The van der Waals surface area contributed by atoms with Crippen LogP contribution < -0.4 is 0 Å². The van der Waals surface area contributed by atoms with Crippen molar-refractivity contribution < 1.29 is 4.79 Å². The Labute approximate surface area is 126 Å². The normalized spacial score (nSPS) is 10.9. The second-order valence-electron chi connectivity index (χ2n) is 4.97. The fraction of sp³-hybridized carbons (Fsp3) is 0.118. The van der Waals surface area contributed by atoms with E-state index in [9.17, 15) is 4.79 Å². The molecule has 1 N–H and O–H groups in total. The number of halogens is 1. The first-order chi connectivity index (χ1) is 9.59. The number of H-pyrrole nitrogens is 1. The van der Waals surface area contributed by atoms with Gasteiger partial charge in [0.1, 0.15) is 0 Å². The molecule has 0 fully saturated rings. The zero-order valence-electron chi connectivity index (χ0n) is 11.3. The summed E-state index contributed by atoms with van der Waals surface area (Å²) in [4.78, 5) is 16.0. The first-order valence-electron chi connectivity index (χ1n) is 6.46. The van der Waals surface area contributed by atoms with Crippen molar-refractivity contribution in [1.82, 2.24) is 4.98 Å². The van der Waals surface area contributed by atoms with Gasteiger partial charge in [-0.15, -0.1) is 0 Å². The second-order valence-corrected chi connectivity index (χ2v) is 5.76. The number of fused-ring (bicyclic) bond motifs is 1. The van der Waals surface area contributed by atoms with Crippen LogP contribution in [0.4, 0.5) is 0 Å². The summed E-state index contributed by atoms with van der Waals surface area (Å²) in [5.41, 5.74) is 4.60. The van der Waals surface area contributed by atoms with Crippen LogP contribution in [0.5, 0.6) is 0 Å². The predicted molar refractivity (Wildman–Crippen MR) is 85.3 cm³/mol. The molecular weight excluding hydrogens is 314 g/mol. The highest BCUT2D eigenvalue weighted by Crippen LogP contribution is 2.28. The lowest BCUT2D eigenvalue weighted by Gasteiger charge is -2.06. The monoisotopic (exact) mass is 327 g/mol. The minimum atomic E-state index is 0.0427. The van der Waals surface area contributed by atoms with E-state index in [1.54, 1.807) is 6.20 Å². The van der Waals surface area contributed by atoms with E-state index in [0.29, 0.717) is 5.56 Å². The number of aryl methyl sites for hydroxylation is 2. The molecule has 1 heterocycles. The van der Waals surface area contributed by atoms with Gasteiger partial charge in [-0.3, -0.25) is 4.79 Å². The summed E-state index contributed by atoms with van der Waals surface area (Å²) in [7, 11) is 0. The third kappa shape index (κ3) is 1.98. The molecule has 0 unspecified atom stereocenters. The van der Waals surface area contributed by atoms with Crippen molar-refractivity contribution in [3.8, 4) is 0 Å².